The van der Waals surface area contributed by atoms with Gasteiger partial charge in [-0.25, -0.2) is 14.4 Å². The lowest BCUT2D eigenvalue weighted by Gasteiger charge is -2.26. The van der Waals surface area contributed by atoms with Crippen molar-refractivity contribution in [2.24, 2.45) is 0 Å². The molecule has 11 heteroatoms. The summed E-state index contributed by atoms with van der Waals surface area (Å²) in [4.78, 5) is 22.6. The molecular weight excluding hydrogens is 491 g/mol. The zero-order chi connectivity index (χ0) is 26.3. The average Bonchev–Trinajstić information content (AvgIpc) is 3.33. The number of aromatic nitrogens is 5. The molecule has 0 radical (unpaired) electrons. The second-order valence-electron chi connectivity index (χ2n) is 11.1. The number of halogens is 1. The SMILES string of the molecule is CC(C)NC(=O)c1cn(COCC[Si](C)(C)C)c2ncc(-c3nn(C4COC4)c4cc(F)ccc34)nc12. The summed E-state index contributed by atoms with van der Waals surface area (Å²) in [6, 6.07) is 5.65. The molecule has 4 heterocycles. The van der Waals surface area contributed by atoms with Crippen LogP contribution in [-0.4, -0.2) is 64.2 Å². The Kier molecular flexibility index (Phi) is 6.86. The first kappa shape index (κ1) is 25.5. The molecule has 0 spiro atoms. The van der Waals surface area contributed by atoms with Gasteiger partial charge in [-0.05, 0) is 38.1 Å². The Labute approximate surface area is 216 Å². The van der Waals surface area contributed by atoms with E-state index in [1.807, 2.05) is 18.4 Å². The van der Waals surface area contributed by atoms with E-state index in [4.69, 9.17) is 19.6 Å². The summed E-state index contributed by atoms with van der Waals surface area (Å²) >= 11 is 0. The topological polar surface area (TPSA) is 96.1 Å². The minimum atomic E-state index is -1.22. The minimum Gasteiger partial charge on any atom is -0.377 e. The van der Waals surface area contributed by atoms with Crippen molar-refractivity contribution < 1.29 is 18.7 Å². The highest BCUT2D eigenvalue weighted by Crippen LogP contribution is 2.32. The smallest absolute Gasteiger partial charge is 0.255 e. The Hall–Kier alpha value is -3.15. The molecule has 1 aromatic carbocycles. The molecule has 196 valence electrons. The van der Waals surface area contributed by atoms with Gasteiger partial charge in [-0.2, -0.15) is 5.10 Å². The van der Waals surface area contributed by atoms with Gasteiger partial charge < -0.3 is 19.4 Å². The quantitative estimate of drug-likeness (QED) is 0.254. The summed E-state index contributed by atoms with van der Waals surface area (Å²) in [5.41, 5.74) is 3.24. The van der Waals surface area contributed by atoms with Gasteiger partial charge in [-0.1, -0.05) is 19.6 Å². The van der Waals surface area contributed by atoms with Crippen LogP contribution in [0.3, 0.4) is 0 Å². The Balaban J connectivity index is 1.56. The molecule has 0 bridgehead atoms. The molecular formula is C26H33FN6O3Si. The molecule has 1 aliphatic heterocycles. The first-order valence-corrected chi connectivity index (χ1v) is 16.3. The van der Waals surface area contributed by atoms with Crippen LogP contribution in [0.2, 0.25) is 25.7 Å². The van der Waals surface area contributed by atoms with Crippen LogP contribution in [0.5, 0.6) is 0 Å². The molecule has 37 heavy (non-hydrogen) atoms. The van der Waals surface area contributed by atoms with Crippen LogP contribution in [0.15, 0.2) is 30.6 Å². The highest BCUT2D eigenvalue weighted by Gasteiger charge is 2.27. The van der Waals surface area contributed by atoms with Crippen LogP contribution in [-0.2, 0) is 16.2 Å². The predicted molar refractivity (Wildman–Crippen MR) is 143 cm³/mol. The maximum Gasteiger partial charge on any atom is 0.255 e. The number of ether oxygens (including phenoxy) is 2. The van der Waals surface area contributed by atoms with Crippen molar-refractivity contribution >= 4 is 36.0 Å². The standard InChI is InChI=1S/C26H33FN6O3Si/c1-16(2)29-26(34)20-12-32(15-35-8-9-37(3,4)5)25-24(20)30-21(11-28-25)23-19-7-6-17(27)10-22(19)33(31-23)18-13-36-14-18/h6-7,10-12,16,18H,8-9,13-15H2,1-5H3,(H,29,34). The van der Waals surface area contributed by atoms with Crippen LogP contribution in [0.25, 0.3) is 33.5 Å². The third kappa shape index (κ3) is 5.29. The average molecular weight is 525 g/mol. The Morgan fingerprint density at radius 2 is 2.08 bits per heavy atom. The fourth-order valence-electron chi connectivity index (χ4n) is 4.25. The normalized spacial score (nSPS) is 14.6. The van der Waals surface area contributed by atoms with Crippen LogP contribution in [0.1, 0.15) is 30.2 Å². The molecule has 1 N–H and O–H groups in total. The van der Waals surface area contributed by atoms with Crippen molar-refractivity contribution in [3.05, 3.63) is 42.0 Å². The van der Waals surface area contributed by atoms with Crippen LogP contribution in [0, 0.1) is 5.82 Å². The van der Waals surface area contributed by atoms with Gasteiger partial charge in [0.2, 0.25) is 0 Å². The van der Waals surface area contributed by atoms with Crippen molar-refractivity contribution in [3.8, 4) is 11.4 Å². The molecule has 9 nitrogen and oxygen atoms in total. The molecule has 0 unspecified atom stereocenters. The maximum atomic E-state index is 14.1. The number of carbonyl (C=O) groups is 1. The molecule has 0 atom stereocenters. The molecule has 3 aromatic heterocycles. The van der Waals surface area contributed by atoms with Gasteiger partial charge >= 0.3 is 0 Å². The monoisotopic (exact) mass is 524 g/mol. The summed E-state index contributed by atoms with van der Waals surface area (Å²) < 4.78 is 29.0. The number of carbonyl (C=O) groups excluding carboxylic acids is 1. The second kappa shape index (κ2) is 9.96. The van der Waals surface area contributed by atoms with Crippen LogP contribution >= 0.6 is 0 Å². The Morgan fingerprint density at radius 1 is 1.30 bits per heavy atom. The molecule has 1 fully saturated rings. The number of rotatable bonds is 9. The third-order valence-corrected chi connectivity index (χ3v) is 8.04. The summed E-state index contributed by atoms with van der Waals surface area (Å²) in [7, 11) is -1.22. The molecule has 0 saturated carbocycles. The highest BCUT2D eigenvalue weighted by molar-refractivity contribution is 6.76. The van der Waals surface area contributed by atoms with Crippen LogP contribution < -0.4 is 5.32 Å². The van der Waals surface area contributed by atoms with E-state index >= 15 is 0 Å². The van der Waals surface area contributed by atoms with Crippen molar-refractivity contribution in [3.63, 3.8) is 0 Å². The van der Waals surface area contributed by atoms with E-state index in [0.717, 1.165) is 11.4 Å². The fraction of sp³-hybridized carbons (Fsp3) is 0.462. The van der Waals surface area contributed by atoms with E-state index in [9.17, 15) is 9.18 Å². The first-order valence-electron chi connectivity index (χ1n) is 12.6. The number of hydrogen-bond donors (Lipinski definition) is 1. The van der Waals surface area contributed by atoms with Crippen molar-refractivity contribution in [2.75, 3.05) is 19.8 Å². The number of hydrogen-bond acceptors (Lipinski definition) is 6. The van der Waals surface area contributed by atoms with Gasteiger partial charge in [0.25, 0.3) is 5.91 Å². The number of nitrogens with zero attached hydrogens (tertiary/aromatic N) is 5. The van der Waals surface area contributed by atoms with E-state index < -0.39 is 8.07 Å². The molecule has 5 rings (SSSR count). The summed E-state index contributed by atoms with van der Waals surface area (Å²) in [5.74, 6) is -0.558. The molecule has 0 aliphatic carbocycles. The van der Waals surface area contributed by atoms with E-state index in [1.54, 1.807) is 23.1 Å². The van der Waals surface area contributed by atoms with Crippen molar-refractivity contribution in [1.82, 2.24) is 29.6 Å². The second-order valence-corrected chi connectivity index (χ2v) is 16.7. The number of fused-ring (bicyclic) bond motifs is 2. The van der Waals surface area contributed by atoms with E-state index in [-0.39, 0.29) is 30.5 Å². The van der Waals surface area contributed by atoms with Crippen LogP contribution in [0.4, 0.5) is 4.39 Å². The number of benzene rings is 1. The summed E-state index contributed by atoms with van der Waals surface area (Å²) in [6.07, 6.45) is 3.40. The number of nitrogens with one attached hydrogen (secondary N) is 1. The largest absolute Gasteiger partial charge is 0.377 e. The zero-order valence-corrected chi connectivity index (χ0v) is 22.9. The van der Waals surface area contributed by atoms with Crippen molar-refractivity contribution in [2.45, 2.75) is 58.3 Å². The first-order chi connectivity index (χ1) is 17.6. The maximum absolute atomic E-state index is 14.1. The summed E-state index contributed by atoms with van der Waals surface area (Å²) in [6.45, 7) is 12.7. The van der Waals surface area contributed by atoms with E-state index in [1.165, 1.54) is 12.1 Å². The molecule has 4 aromatic rings. The highest BCUT2D eigenvalue weighted by atomic mass is 28.3. The van der Waals surface area contributed by atoms with Gasteiger partial charge in [0.1, 0.15) is 29.5 Å². The molecule has 1 aliphatic rings. The third-order valence-electron chi connectivity index (χ3n) is 6.33. The van der Waals surface area contributed by atoms with Crippen molar-refractivity contribution in [1.29, 1.82) is 0 Å². The molecule has 1 saturated heterocycles. The van der Waals surface area contributed by atoms with Gasteiger partial charge in [0.05, 0.1) is 36.5 Å². The summed E-state index contributed by atoms with van der Waals surface area (Å²) in [5, 5.41) is 8.50. The fourth-order valence-corrected chi connectivity index (χ4v) is 5.01. The van der Waals surface area contributed by atoms with E-state index in [2.05, 4.69) is 29.9 Å². The molecule has 1 amide bonds. The lowest BCUT2D eigenvalue weighted by molar-refractivity contribution is -0.0265. The van der Waals surface area contributed by atoms with Gasteiger partial charge in [-0.15, -0.1) is 0 Å². The Bertz CT molecular complexity index is 1450. The van der Waals surface area contributed by atoms with Gasteiger partial charge in [-0.3, -0.25) is 9.48 Å². The lowest BCUT2D eigenvalue weighted by atomic mass is 10.1. The van der Waals surface area contributed by atoms with E-state index in [0.29, 0.717) is 53.5 Å². The minimum absolute atomic E-state index is 0.0331. The predicted octanol–water partition coefficient (Wildman–Crippen LogP) is 4.61. The van der Waals surface area contributed by atoms with Gasteiger partial charge in [0, 0.05) is 32.3 Å². The zero-order valence-electron chi connectivity index (χ0n) is 21.9. The number of amides is 1. The lowest BCUT2D eigenvalue weighted by Crippen LogP contribution is -2.31. The Morgan fingerprint density at radius 3 is 2.76 bits per heavy atom. The van der Waals surface area contributed by atoms with Gasteiger partial charge in [0.15, 0.2) is 5.65 Å².